The standard InChI is InChI=1S/C13H20N2O6/c1-8(11(16)17)9-5-15(6-9)13(19)14-3-4-21-10(7-14)12(18)20-2/h8-10H,3-7H2,1-2H3,(H,16,17). The molecule has 0 radical (unpaired) electrons. The van der Waals surface area contributed by atoms with E-state index in [1.807, 2.05) is 0 Å². The molecule has 2 aliphatic rings. The molecule has 2 fully saturated rings. The number of ether oxygens (including phenoxy) is 2. The summed E-state index contributed by atoms with van der Waals surface area (Å²) in [6.45, 7) is 3.40. The molecule has 118 valence electrons. The summed E-state index contributed by atoms with van der Waals surface area (Å²) in [6.07, 6.45) is -0.747. The molecule has 1 N–H and O–H groups in total. The summed E-state index contributed by atoms with van der Waals surface area (Å²) < 4.78 is 9.88. The summed E-state index contributed by atoms with van der Waals surface area (Å²) in [6, 6.07) is -0.180. The fourth-order valence-corrected chi connectivity index (χ4v) is 2.48. The van der Waals surface area contributed by atoms with Gasteiger partial charge in [0.2, 0.25) is 0 Å². The summed E-state index contributed by atoms with van der Waals surface area (Å²) in [4.78, 5) is 37.7. The van der Waals surface area contributed by atoms with Crippen molar-refractivity contribution in [1.82, 2.24) is 9.80 Å². The van der Waals surface area contributed by atoms with Gasteiger partial charge in [-0.25, -0.2) is 9.59 Å². The third-order valence-electron chi connectivity index (χ3n) is 4.08. The summed E-state index contributed by atoms with van der Waals surface area (Å²) in [5, 5.41) is 8.93. The van der Waals surface area contributed by atoms with Crippen LogP contribution >= 0.6 is 0 Å². The number of carbonyl (C=O) groups excluding carboxylic acids is 2. The van der Waals surface area contributed by atoms with Gasteiger partial charge in [0.05, 0.1) is 26.2 Å². The number of amides is 2. The van der Waals surface area contributed by atoms with Crippen molar-refractivity contribution in [2.75, 3.05) is 39.9 Å². The van der Waals surface area contributed by atoms with E-state index in [4.69, 9.17) is 9.84 Å². The number of morpholine rings is 1. The van der Waals surface area contributed by atoms with Crippen molar-refractivity contribution < 1.29 is 29.0 Å². The van der Waals surface area contributed by atoms with E-state index in [0.29, 0.717) is 19.6 Å². The SMILES string of the molecule is COC(=O)C1CN(C(=O)N2CC(C(C)C(=O)O)C2)CCO1. The number of aliphatic carboxylic acids is 1. The molecule has 0 aromatic carbocycles. The highest BCUT2D eigenvalue weighted by atomic mass is 16.6. The number of urea groups is 1. The van der Waals surface area contributed by atoms with Crippen molar-refractivity contribution in [3.63, 3.8) is 0 Å². The number of hydrogen-bond acceptors (Lipinski definition) is 5. The minimum atomic E-state index is -0.843. The van der Waals surface area contributed by atoms with E-state index in [2.05, 4.69) is 4.74 Å². The van der Waals surface area contributed by atoms with Crippen molar-refractivity contribution in [3.05, 3.63) is 0 Å². The molecule has 0 aromatic rings. The van der Waals surface area contributed by atoms with Crippen LogP contribution < -0.4 is 0 Å². The third kappa shape index (κ3) is 3.26. The molecule has 2 atom stereocenters. The summed E-state index contributed by atoms with van der Waals surface area (Å²) >= 11 is 0. The number of likely N-dealkylation sites (tertiary alicyclic amines) is 1. The highest BCUT2D eigenvalue weighted by Crippen LogP contribution is 2.25. The Bertz CT molecular complexity index is 434. The van der Waals surface area contributed by atoms with Gasteiger partial charge in [-0.1, -0.05) is 6.92 Å². The van der Waals surface area contributed by atoms with Gasteiger partial charge in [0, 0.05) is 25.6 Å². The Morgan fingerprint density at radius 3 is 2.48 bits per heavy atom. The Kier molecular flexibility index (Phi) is 4.66. The number of carboxylic acid groups (broad SMARTS) is 1. The van der Waals surface area contributed by atoms with E-state index in [1.165, 1.54) is 7.11 Å². The van der Waals surface area contributed by atoms with Gasteiger partial charge in [0.15, 0.2) is 6.10 Å². The second kappa shape index (κ2) is 6.30. The largest absolute Gasteiger partial charge is 0.481 e. The highest BCUT2D eigenvalue weighted by Gasteiger charge is 2.40. The molecular formula is C13H20N2O6. The fraction of sp³-hybridized carbons (Fsp3) is 0.769. The summed E-state index contributed by atoms with van der Waals surface area (Å²) in [5.74, 6) is -1.80. The first-order chi connectivity index (χ1) is 9.93. The maximum Gasteiger partial charge on any atom is 0.336 e. The molecular weight excluding hydrogens is 280 g/mol. The van der Waals surface area contributed by atoms with Gasteiger partial charge in [-0.15, -0.1) is 0 Å². The lowest BCUT2D eigenvalue weighted by Gasteiger charge is -2.44. The van der Waals surface area contributed by atoms with Crippen molar-refractivity contribution in [2.24, 2.45) is 11.8 Å². The van der Waals surface area contributed by atoms with Crippen LogP contribution in [-0.2, 0) is 19.1 Å². The monoisotopic (exact) mass is 300 g/mol. The Labute approximate surface area is 122 Å². The van der Waals surface area contributed by atoms with Crippen LogP contribution in [0.2, 0.25) is 0 Å². The zero-order valence-electron chi connectivity index (χ0n) is 12.2. The average Bonchev–Trinajstić information content (AvgIpc) is 2.44. The topological polar surface area (TPSA) is 96.4 Å². The molecule has 21 heavy (non-hydrogen) atoms. The molecule has 0 spiro atoms. The number of carboxylic acids is 1. The van der Waals surface area contributed by atoms with Crippen LogP contribution in [0.25, 0.3) is 0 Å². The fourth-order valence-electron chi connectivity index (χ4n) is 2.48. The molecule has 0 saturated carbocycles. The van der Waals surface area contributed by atoms with Gasteiger partial charge in [-0.05, 0) is 0 Å². The van der Waals surface area contributed by atoms with Gasteiger partial charge in [0.25, 0.3) is 0 Å². The molecule has 2 heterocycles. The van der Waals surface area contributed by atoms with Crippen LogP contribution in [0.15, 0.2) is 0 Å². The van der Waals surface area contributed by atoms with E-state index in [0.717, 1.165) is 0 Å². The second-order valence-electron chi connectivity index (χ2n) is 5.40. The van der Waals surface area contributed by atoms with Crippen LogP contribution in [0.1, 0.15) is 6.92 Å². The van der Waals surface area contributed by atoms with E-state index < -0.39 is 24.0 Å². The number of hydrogen-bond donors (Lipinski definition) is 1. The Morgan fingerprint density at radius 2 is 1.90 bits per heavy atom. The van der Waals surface area contributed by atoms with Crippen molar-refractivity contribution >= 4 is 18.0 Å². The molecule has 2 amide bonds. The van der Waals surface area contributed by atoms with Gasteiger partial charge in [0.1, 0.15) is 0 Å². The van der Waals surface area contributed by atoms with Crippen LogP contribution in [0.5, 0.6) is 0 Å². The van der Waals surface area contributed by atoms with Crippen molar-refractivity contribution in [2.45, 2.75) is 13.0 Å². The minimum absolute atomic E-state index is 0.0103. The lowest BCUT2D eigenvalue weighted by molar-refractivity contribution is -0.158. The predicted molar refractivity (Wildman–Crippen MR) is 70.6 cm³/mol. The second-order valence-corrected chi connectivity index (χ2v) is 5.40. The van der Waals surface area contributed by atoms with E-state index in [-0.39, 0.29) is 25.1 Å². The number of methoxy groups -OCH3 is 1. The predicted octanol–water partition coefficient (Wildman–Crippen LogP) is -0.367. The maximum absolute atomic E-state index is 12.3. The van der Waals surface area contributed by atoms with E-state index in [9.17, 15) is 14.4 Å². The Morgan fingerprint density at radius 1 is 1.24 bits per heavy atom. The highest BCUT2D eigenvalue weighted by molar-refractivity contribution is 5.79. The van der Waals surface area contributed by atoms with Crippen molar-refractivity contribution in [3.8, 4) is 0 Å². The van der Waals surface area contributed by atoms with Crippen LogP contribution in [0.4, 0.5) is 4.79 Å². The van der Waals surface area contributed by atoms with Crippen LogP contribution in [-0.4, -0.2) is 78.9 Å². The molecule has 8 heteroatoms. The molecule has 8 nitrogen and oxygen atoms in total. The summed E-state index contributed by atoms with van der Waals surface area (Å²) in [7, 11) is 1.28. The molecule has 0 aromatic heterocycles. The number of esters is 1. The van der Waals surface area contributed by atoms with E-state index in [1.54, 1.807) is 16.7 Å². The maximum atomic E-state index is 12.3. The zero-order valence-corrected chi connectivity index (χ0v) is 12.2. The first-order valence-electron chi connectivity index (χ1n) is 6.90. The Hall–Kier alpha value is -1.83. The summed E-state index contributed by atoms with van der Waals surface area (Å²) in [5.41, 5.74) is 0. The van der Waals surface area contributed by atoms with Gasteiger partial charge >= 0.3 is 18.0 Å². The first kappa shape index (κ1) is 15.6. The quantitative estimate of drug-likeness (QED) is 0.715. The molecule has 0 bridgehead atoms. The number of rotatable bonds is 3. The molecule has 2 aliphatic heterocycles. The van der Waals surface area contributed by atoms with E-state index >= 15 is 0 Å². The normalized spacial score (nSPS) is 24.2. The molecule has 2 rings (SSSR count). The van der Waals surface area contributed by atoms with Gasteiger partial charge in [-0.3, -0.25) is 4.79 Å². The van der Waals surface area contributed by atoms with Crippen molar-refractivity contribution in [1.29, 1.82) is 0 Å². The zero-order chi connectivity index (χ0) is 15.6. The van der Waals surface area contributed by atoms with Gasteiger partial charge < -0.3 is 24.4 Å². The van der Waals surface area contributed by atoms with Crippen LogP contribution in [0.3, 0.4) is 0 Å². The van der Waals surface area contributed by atoms with Crippen LogP contribution in [0, 0.1) is 11.8 Å². The average molecular weight is 300 g/mol. The lowest BCUT2D eigenvalue weighted by Crippen LogP contribution is -2.60. The molecule has 2 unspecified atom stereocenters. The third-order valence-corrected chi connectivity index (χ3v) is 4.08. The Balaban J connectivity index is 1.84. The molecule has 0 aliphatic carbocycles. The molecule has 2 saturated heterocycles. The number of carbonyl (C=O) groups is 3. The minimum Gasteiger partial charge on any atom is -0.481 e. The number of nitrogens with zero attached hydrogens (tertiary/aromatic N) is 2. The first-order valence-corrected chi connectivity index (χ1v) is 6.90. The smallest absolute Gasteiger partial charge is 0.336 e. The lowest BCUT2D eigenvalue weighted by atomic mass is 9.87. The van der Waals surface area contributed by atoms with Gasteiger partial charge in [-0.2, -0.15) is 0 Å².